The van der Waals surface area contributed by atoms with Crippen LogP contribution in [0.1, 0.15) is 18.4 Å². The summed E-state index contributed by atoms with van der Waals surface area (Å²) in [7, 11) is 0. The summed E-state index contributed by atoms with van der Waals surface area (Å²) in [4.78, 5) is 24.6. The third kappa shape index (κ3) is 7.56. The first-order valence-electron chi connectivity index (χ1n) is 10.9. The number of hydrogen-bond donors (Lipinski definition) is 4. The van der Waals surface area contributed by atoms with Gasteiger partial charge in [-0.3, -0.25) is 4.79 Å². The minimum Gasteiger partial charge on any atom is -0.355 e. The molecule has 0 radical (unpaired) electrons. The topological polar surface area (TPSA) is 96.2 Å². The number of nitrogens with two attached hydrogens (primary N) is 1. The lowest BCUT2D eigenvalue weighted by atomic mass is 10.0. The van der Waals surface area contributed by atoms with E-state index in [2.05, 4.69) is 16.0 Å². The SMILES string of the molecule is NCCNC(=O)CC[C@@H](Cc1ccccc1)NC(=O)Nc1ccc(-c2ccccc2)cc1. The van der Waals surface area contributed by atoms with Crippen molar-refractivity contribution in [2.75, 3.05) is 18.4 Å². The van der Waals surface area contributed by atoms with Crippen molar-refractivity contribution >= 4 is 17.6 Å². The van der Waals surface area contributed by atoms with Crippen molar-refractivity contribution in [1.82, 2.24) is 10.6 Å². The first kappa shape index (κ1) is 23.0. The minimum absolute atomic E-state index is 0.0628. The number of carbonyl (C=O) groups is 2. The Morgan fingerprint density at radius 1 is 0.812 bits per heavy atom. The Balaban J connectivity index is 1.58. The fourth-order valence-corrected chi connectivity index (χ4v) is 3.46. The zero-order valence-corrected chi connectivity index (χ0v) is 18.1. The average molecular weight is 431 g/mol. The number of amides is 3. The molecule has 0 aliphatic rings. The third-order valence-corrected chi connectivity index (χ3v) is 5.10. The van der Waals surface area contributed by atoms with E-state index in [0.29, 0.717) is 38.0 Å². The molecule has 0 aliphatic carbocycles. The molecule has 0 aromatic heterocycles. The predicted octanol–water partition coefficient (Wildman–Crippen LogP) is 3.94. The highest BCUT2D eigenvalue weighted by molar-refractivity contribution is 5.89. The van der Waals surface area contributed by atoms with E-state index >= 15 is 0 Å². The number of rotatable bonds is 10. The van der Waals surface area contributed by atoms with Gasteiger partial charge in [0.05, 0.1) is 0 Å². The summed E-state index contributed by atoms with van der Waals surface area (Å²) in [5, 5.41) is 8.68. The van der Waals surface area contributed by atoms with Crippen LogP contribution in [0.5, 0.6) is 0 Å². The van der Waals surface area contributed by atoms with Crippen LogP contribution in [-0.2, 0) is 11.2 Å². The van der Waals surface area contributed by atoms with Crippen molar-refractivity contribution < 1.29 is 9.59 Å². The molecule has 0 saturated heterocycles. The van der Waals surface area contributed by atoms with Gasteiger partial charge in [0.2, 0.25) is 5.91 Å². The van der Waals surface area contributed by atoms with Gasteiger partial charge in [0.25, 0.3) is 0 Å². The lowest BCUT2D eigenvalue weighted by molar-refractivity contribution is -0.121. The molecule has 1 atom stereocenters. The van der Waals surface area contributed by atoms with Crippen LogP contribution in [0.4, 0.5) is 10.5 Å². The van der Waals surface area contributed by atoms with Crippen LogP contribution >= 0.6 is 0 Å². The Kier molecular flexibility index (Phi) is 8.83. The number of hydrogen-bond acceptors (Lipinski definition) is 3. The van der Waals surface area contributed by atoms with E-state index in [1.165, 1.54) is 0 Å². The van der Waals surface area contributed by atoms with Crippen molar-refractivity contribution in [2.24, 2.45) is 5.73 Å². The summed E-state index contributed by atoms with van der Waals surface area (Å²) in [6, 6.07) is 27.3. The van der Waals surface area contributed by atoms with E-state index in [0.717, 1.165) is 16.7 Å². The Labute approximate surface area is 189 Å². The largest absolute Gasteiger partial charge is 0.355 e. The standard InChI is InChI=1S/C26H30N4O2/c27-17-18-28-25(31)16-15-24(19-20-7-3-1-4-8-20)30-26(32)29-23-13-11-22(12-14-23)21-9-5-2-6-10-21/h1-14,24H,15-19,27H2,(H,28,31)(H2,29,30,32)/t24-/m0/s1. The monoisotopic (exact) mass is 430 g/mol. The quantitative estimate of drug-likeness (QED) is 0.392. The summed E-state index contributed by atoms with van der Waals surface area (Å²) < 4.78 is 0. The third-order valence-electron chi connectivity index (χ3n) is 5.10. The Hall–Kier alpha value is -3.64. The van der Waals surface area contributed by atoms with E-state index in [-0.39, 0.29) is 18.0 Å². The first-order valence-corrected chi connectivity index (χ1v) is 10.9. The molecule has 3 rings (SSSR count). The maximum atomic E-state index is 12.6. The van der Waals surface area contributed by atoms with E-state index in [9.17, 15) is 9.59 Å². The molecule has 166 valence electrons. The molecule has 3 amide bonds. The molecular weight excluding hydrogens is 400 g/mol. The van der Waals surface area contributed by atoms with Crippen molar-refractivity contribution in [3.63, 3.8) is 0 Å². The van der Waals surface area contributed by atoms with Gasteiger partial charge < -0.3 is 21.7 Å². The molecule has 3 aromatic carbocycles. The lowest BCUT2D eigenvalue weighted by Crippen LogP contribution is -2.40. The zero-order valence-electron chi connectivity index (χ0n) is 18.1. The second-order valence-corrected chi connectivity index (χ2v) is 7.61. The summed E-state index contributed by atoms with van der Waals surface area (Å²) >= 11 is 0. The van der Waals surface area contributed by atoms with Crippen molar-refractivity contribution in [2.45, 2.75) is 25.3 Å². The second kappa shape index (κ2) is 12.3. The molecule has 6 nitrogen and oxygen atoms in total. The van der Waals surface area contributed by atoms with Gasteiger partial charge in [-0.1, -0.05) is 72.8 Å². The molecule has 0 unspecified atom stereocenters. The maximum Gasteiger partial charge on any atom is 0.319 e. The second-order valence-electron chi connectivity index (χ2n) is 7.61. The molecule has 32 heavy (non-hydrogen) atoms. The molecule has 0 heterocycles. The van der Waals surface area contributed by atoms with Crippen molar-refractivity contribution in [3.8, 4) is 11.1 Å². The van der Waals surface area contributed by atoms with Crippen LogP contribution in [0.2, 0.25) is 0 Å². The van der Waals surface area contributed by atoms with E-state index in [1.54, 1.807) is 0 Å². The van der Waals surface area contributed by atoms with E-state index < -0.39 is 0 Å². The lowest BCUT2D eigenvalue weighted by Gasteiger charge is -2.19. The Bertz CT molecular complexity index is 976. The minimum atomic E-state index is -0.291. The molecule has 3 aromatic rings. The molecule has 0 bridgehead atoms. The predicted molar refractivity (Wildman–Crippen MR) is 129 cm³/mol. The average Bonchev–Trinajstić information content (AvgIpc) is 2.83. The Morgan fingerprint density at radius 3 is 2.09 bits per heavy atom. The number of benzene rings is 3. The molecule has 0 spiro atoms. The van der Waals surface area contributed by atoms with Gasteiger partial charge >= 0.3 is 6.03 Å². The molecule has 0 aliphatic heterocycles. The fourth-order valence-electron chi connectivity index (χ4n) is 3.46. The number of nitrogens with one attached hydrogen (secondary N) is 3. The zero-order chi connectivity index (χ0) is 22.6. The van der Waals surface area contributed by atoms with Gasteiger partial charge in [-0.2, -0.15) is 0 Å². The summed E-state index contributed by atoms with van der Waals surface area (Å²) in [5.74, 6) is -0.0628. The highest BCUT2D eigenvalue weighted by Crippen LogP contribution is 2.21. The maximum absolute atomic E-state index is 12.6. The van der Waals surface area contributed by atoms with Crippen LogP contribution < -0.4 is 21.7 Å². The van der Waals surface area contributed by atoms with Crippen LogP contribution in [0.15, 0.2) is 84.9 Å². The van der Waals surface area contributed by atoms with Gasteiger partial charge in [0, 0.05) is 31.2 Å². The van der Waals surface area contributed by atoms with E-state index in [4.69, 9.17) is 5.73 Å². The number of anilines is 1. The smallest absolute Gasteiger partial charge is 0.319 e. The van der Waals surface area contributed by atoms with Gasteiger partial charge in [0.15, 0.2) is 0 Å². The van der Waals surface area contributed by atoms with Gasteiger partial charge in [-0.15, -0.1) is 0 Å². The number of carbonyl (C=O) groups excluding carboxylic acids is 2. The highest BCUT2D eigenvalue weighted by Gasteiger charge is 2.15. The van der Waals surface area contributed by atoms with Gasteiger partial charge in [-0.05, 0) is 41.7 Å². The van der Waals surface area contributed by atoms with Gasteiger partial charge in [-0.25, -0.2) is 4.79 Å². The first-order chi connectivity index (χ1) is 15.6. The summed E-state index contributed by atoms with van der Waals surface area (Å²) in [5.41, 5.74) is 9.46. The van der Waals surface area contributed by atoms with E-state index in [1.807, 2.05) is 84.9 Å². The molecule has 0 saturated carbocycles. The molecule has 6 heteroatoms. The number of urea groups is 1. The van der Waals surface area contributed by atoms with Gasteiger partial charge in [0.1, 0.15) is 0 Å². The van der Waals surface area contributed by atoms with Crippen LogP contribution in [0, 0.1) is 0 Å². The van der Waals surface area contributed by atoms with Crippen LogP contribution in [0.25, 0.3) is 11.1 Å². The van der Waals surface area contributed by atoms with Crippen LogP contribution in [0.3, 0.4) is 0 Å². The highest BCUT2D eigenvalue weighted by atomic mass is 16.2. The normalized spacial score (nSPS) is 11.4. The fraction of sp³-hybridized carbons (Fsp3) is 0.231. The molecular formula is C26H30N4O2. The summed E-state index contributed by atoms with van der Waals surface area (Å²) in [6.07, 6.45) is 1.50. The van der Waals surface area contributed by atoms with Crippen LogP contribution in [-0.4, -0.2) is 31.1 Å². The van der Waals surface area contributed by atoms with Crippen molar-refractivity contribution in [3.05, 3.63) is 90.5 Å². The summed E-state index contributed by atoms with van der Waals surface area (Å²) in [6.45, 7) is 0.859. The molecule has 0 fully saturated rings. The van der Waals surface area contributed by atoms with Crippen molar-refractivity contribution in [1.29, 1.82) is 0 Å². The Morgan fingerprint density at radius 2 is 1.44 bits per heavy atom. The molecule has 5 N–H and O–H groups in total.